The van der Waals surface area contributed by atoms with Gasteiger partial charge in [-0.3, -0.25) is 9.48 Å². The summed E-state index contributed by atoms with van der Waals surface area (Å²) in [6, 6.07) is 3.73. The van der Waals surface area contributed by atoms with Gasteiger partial charge in [-0.25, -0.2) is 13.1 Å². The number of sulfonamides is 1. The van der Waals surface area contributed by atoms with Crippen LogP contribution in [0.1, 0.15) is 24.4 Å². The summed E-state index contributed by atoms with van der Waals surface area (Å²) in [4.78, 5) is 12.8. The summed E-state index contributed by atoms with van der Waals surface area (Å²) < 4.78 is 34.4. The molecular formula is C17H24ClN5O4S. The Labute approximate surface area is 170 Å². The van der Waals surface area contributed by atoms with Crippen molar-refractivity contribution in [1.29, 1.82) is 0 Å². The molecule has 1 aliphatic rings. The first-order chi connectivity index (χ1) is 12.8. The largest absolute Gasteiger partial charge is 0.495 e. The maximum atomic E-state index is 12.7. The Kier molecular flexibility index (Phi) is 7.05. The van der Waals surface area contributed by atoms with E-state index >= 15 is 0 Å². The van der Waals surface area contributed by atoms with Gasteiger partial charge in [-0.2, -0.15) is 5.10 Å². The highest BCUT2D eigenvalue weighted by Gasteiger charge is 2.29. The second kappa shape index (κ2) is 8.91. The van der Waals surface area contributed by atoms with Crippen molar-refractivity contribution in [2.24, 2.45) is 7.05 Å². The molecule has 0 bridgehead atoms. The van der Waals surface area contributed by atoms with Gasteiger partial charge in [-0.05, 0) is 38.1 Å². The fourth-order valence-corrected chi connectivity index (χ4v) is 4.01. The number of rotatable bonds is 8. The van der Waals surface area contributed by atoms with Crippen molar-refractivity contribution in [3.63, 3.8) is 0 Å². The smallest absolute Gasteiger partial charge is 0.246 e. The Bertz CT molecular complexity index is 943. The van der Waals surface area contributed by atoms with Crippen molar-refractivity contribution < 1.29 is 17.9 Å². The molecule has 0 saturated heterocycles. The molecule has 1 fully saturated rings. The van der Waals surface area contributed by atoms with Crippen molar-refractivity contribution >= 4 is 34.0 Å². The molecule has 0 aliphatic heterocycles. The van der Waals surface area contributed by atoms with Crippen LogP contribution in [0.3, 0.4) is 0 Å². The summed E-state index contributed by atoms with van der Waals surface area (Å²) in [5.41, 5.74) is 0.973. The minimum Gasteiger partial charge on any atom is -0.495 e. The predicted molar refractivity (Wildman–Crippen MR) is 107 cm³/mol. The normalized spacial score (nSPS) is 14.8. The van der Waals surface area contributed by atoms with E-state index in [1.165, 1.54) is 25.3 Å². The van der Waals surface area contributed by atoms with Gasteiger partial charge in [-0.15, -0.1) is 12.4 Å². The fraction of sp³-hybridized carbons (Fsp3) is 0.412. The Hall–Kier alpha value is -2.14. The van der Waals surface area contributed by atoms with Gasteiger partial charge in [-0.1, -0.05) is 0 Å². The van der Waals surface area contributed by atoms with E-state index in [0.29, 0.717) is 11.3 Å². The van der Waals surface area contributed by atoms with Crippen molar-refractivity contribution in [1.82, 2.24) is 19.8 Å². The molecule has 3 rings (SSSR count). The van der Waals surface area contributed by atoms with E-state index in [1.54, 1.807) is 31.2 Å². The number of amides is 1. The number of aryl methyl sites for hydroxylation is 1. The topological polar surface area (TPSA) is 114 Å². The van der Waals surface area contributed by atoms with Crippen LogP contribution in [0.15, 0.2) is 35.5 Å². The highest BCUT2D eigenvalue weighted by atomic mass is 35.5. The third-order valence-electron chi connectivity index (χ3n) is 4.25. The number of anilines is 1. The minimum absolute atomic E-state index is 0. The summed E-state index contributed by atoms with van der Waals surface area (Å²) >= 11 is 0. The fourth-order valence-electron chi connectivity index (χ4n) is 2.68. The third-order valence-corrected chi connectivity index (χ3v) is 5.77. The SMILES string of the molecule is CNC(C(=O)Nc1cc(S(=O)(=O)NC2CC2)ccc1OC)c1cnn(C)c1.Cl. The standard InChI is InChI=1S/C17H23N5O4S.ClH/c1-18-16(11-9-19-22(2)10-11)17(23)20-14-8-13(6-7-15(14)26-3)27(24,25)21-12-4-5-12;/h6-10,12,16,18,21H,4-5H2,1-3H3,(H,20,23);1H. The first-order valence-electron chi connectivity index (χ1n) is 8.51. The molecule has 3 N–H and O–H groups in total. The zero-order valence-electron chi connectivity index (χ0n) is 15.8. The number of hydrogen-bond acceptors (Lipinski definition) is 6. The Morgan fingerprint density at radius 1 is 1.36 bits per heavy atom. The van der Waals surface area contributed by atoms with Gasteiger partial charge in [0, 0.05) is 24.8 Å². The van der Waals surface area contributed by atoms with Crippen LogP contribution in [-0.4, -0.2) is 44.3 Å². The van der Waals surface area contributed by atoms with Crippen molar-refractivity contribution in [3.05, 3.63) is 36.2 Å². The van der Waals surface area contributed by atoms with Crippen LogP contribution in [0.25, 0.3) is 0 Å². The monoisotopic (exact) mass is 429 g/mol. The van der Waals surface area contributed by atoms with Crippen LogP contribution in [-0.2, 0) is 21.9 Å². The molecule has 28 heavy (non-hydrogen) atoms. The number of benzene rings is 1. The molecule has 1 heterocycles. The quantitative estimate of drug-likeness (QED) is 0.580. The van der Waals surface area contributed by atoms with Gasteiger partial charge in [0.25, 0.3) is 0 Å². The summed E-state index contributed by atoms with van der Waals surface area (Å²) in [7, 11) is 1.24. The van der Waals surface area contributed by atoms with E-state index in [0.717, 1.165) is 12.8 Å². The molecule has 1 unspecified atom stereocenters. The zero-order valence-corrected chi connectivity index (χ0v) is 17.4. The molecule has 1 aliphatic carbocycles. The Morgan fingerprint density at radius 2 is 2.07 bits per heavy atom. The van der Waals surface area contributed by atoms with Gasteiger partial charge >= 0.3 is 0 Å². The van der Waals surface area contributed by atoms with Gasteiger partial charge in [0.15, 0.2) is 0 Å². The molecule has 1 atom stereocenters. The molecule has 1 amide bonds. The van der Waals surface area contributed by atoms with E-state index in [-0.39, 0.29) is 34.9 Å². The first kappa shape index (κ1) is 22.2. The minimum atomic E-state index is -3.64. The number of nitrogens with zero attached hydrogens (tertiary/aromatic N) is 2. The molecule has 154 valence electrons. The Morgan fingerprint density at radius 3 is 2.61 bits per heavy atom. The summed E-state index contributed by atoms with van der Waals surface area (Å²) in [6.45, 7) is 0. The van der Waals surface area contributed by atoms with E-state index in [9.17, 15) is 13.2 Å². The highest BCUT2D eigenvalue weighted by Crippen LogP contribution is 2.30. The van der Waals surface area contributed by atoms with E-state index < -0.39 is 16.1 Å². The second-order valence-electron chi connectivity index (χ2n) is 6.42. The van der Waals surface area contributed by atoms with Crippen molar-refractivity contribution in [3.8, 4) is 5.75 Å². The van der Waals surface area contributed by atoms with Gasteiger partial charge in [0.2, 0.25) is 15.9 Å². The van der Waals surface area contributed by atoms with Crippen LogP contribution in [0.2, 0.25) is 0 Å². The molecule has 1 saturated carbocycles. The number of likely N-dealkylation sites (N-methyl/N-ethyl adjacent to an activating group) is 1. The lowest BCUT2D eigenvalue weighted by molar-refractivity contribution is -0.118. The molecule has 1 aromatic carbocycles. The van der Waals surface area contributed by atoms with Crippen LogP contribution in [0.4, 0.5) is 5.69 Å². The first-order valence-corrected chi connectivity index (χ1v) is 9.99. The number of carbonyl (C=O) groups is 1. The average Bonchev–Trinajstić information content (AvgIpc) is 3.33. The molecule has 0 spiro atoms. The number of methoxy groups -OCH3 is 1. The lowest BCUT2D eigenvalue weighted by atomic mass is 10.1. The van der Waals surface area contributed by atoms with E-state index in [4.69, 9.17) is 4.74 Å². The van der Waals surface area contributed by atoms with Gasteiger partial charge in [0.05, 0.1) is 23.9 Å². The lowest BCUT2D eigenvalue weighted by Crippen LogP contribution is -2.30. The van der Waals surface area contributed by atoms with Crippen LogP contribution < -0.4 is 20.1 Å². The number of nitrogens with one attached hydrogen (secondary N) is 3. The molecule has 2 aromatic rings. The summed E-state index contributed by atoms with van der Waals surface area (Å²) in [5, 5.41) is 9.75. The average molecular weight is 430 g/mol. The van der Waals surface area contributed by atoms with E-state index in [2.05, 4.69) is 20.5 Å². The molecule has 0 radical (unpaired) electrons. The maximum absolute atomic E-state index is 12.7. The van der Waals surface area contributed by atoms with Crippen molar-refractivity contribution in [2.75, 3.05) is 19.5 Å². The number of carbonyl (C=O) groups excluding carboxylic acids is 1. The highest BCUT2D eigenvalue weighted by molar-refractivity contribution is 7.89. The Balaban J connectivity index is 0.00000280. The number of ether oxygens (including phenoxy) is 1. The third kappa shape index (κ3) is 5.02. The predicted octanol–water partition coefficient (Wildman–Crippen LogP) is 1.19. The lowest BCUT2D eigenvalue weighted by Gasteiger charge is -2.17. The molecule has 9 nitrogen and oxygen atoms in total. The second-order valence-corrected chi connectivity index (χ2v) is 8.13. The summed E-state index contributed by atoms with van der Waals surface area (Å²) in [6.07, 6.45) is 5.01. The summed E-state index contributed by atoms with van der Waals surface area (Å²) in [5.74, 6) is 0.0169. The molecule has 1 aromatic heterocycles. The van der Waals surface area contributed by atoms with Gasteiger partial charge in [0.1, 0.15) is 11.8 Å². The number of halogens is 1. The van der Waals surface area contributed by atoms with Gasteiger partial charge < -0.3 is 15.4 Å². The molecular weight excluding hydrogens is 406 g/mol. The zero-order chi connectivity index (χ0) is 19.6. The van der Waals surface area contributed by atoms with Crippen LogP contribution in [0.5, 0.6) is 5.75 Å². The molecule has 11 heteroatoms. The van der Waals surface area contributed by atoms with Crippen LogP contribution >= 0.6 is 12.4 Å². The maximum Gasteiger partial charge on any atom is 0.246 e. The van der Waals surface area contributed by atoms with E-state index in [1.807, 2.05) is 0 Å². The van der Waals surface area contributed by atoms with Crippen LogP contribution in [0, 0.1) is 0 Å². The number of aromatic nitrogens is 2. The van der Waals surface area contributed by atoms with Crippen molar-refractivity contribution in [2.45, 2.75) is 29.8 Å². The number of hydrogen-bond donors (Lipinski definition) is 3.